The lowest BCUT2D eigenvalue weighted by Gasteiger charge is -2.33. The number of pyridine rings is 1. The van der Waals surface area contributed by atoms with E-state index >= 15 is 4.39 Å². The molecule has 1 fully saturated rings. The fourth-order valence-corrected chi connectivity index (χ4v) is 6.32. The van der Waals surface area contributed by atoms with Gasteiger partial charge >= 0.3 is 0 Å². The molecular formula is C36H39FN8O4. The van der Waals surface area contributed by atoms with Crippen molar-refractivity contribution < 1.29 is 18.7 Å². The van der Waals surface area contributed by atoms with Crippen LogP contribution in [0.15, 0.2) is 78.0 Å². The summed E-state index contributed by atoms with van der Waals surface area (Å²) in [7, 11) is 1.63. The standard InChI is InChI=1S/C26H26FN5O2.C10H13N3O2/c1-17-14-22-21(19-7-3-4-8-23(19)34-2)15-20(25(27)26(22)29-17)18-6-5-11-31(16-18)24(33)9-12-32-13-10-28-30-32;14-8-12-4-6-13(7-5-12)9-2-1-3-11-10(9)15/h3-4,6-8,10,13-15,29H,5,9,11-12,16H2,1-2H3;1-3,8H,4-7H2,(H,11,15). The van der Waals surface area contributed by atoms with E-state index < -0.39 is 0 Å². The summed E-state index contributed by atoms with van der Waals surface area (Å²) in [6, 6.07) is 15.2. The number of nitrogens with zero attached hydrogens (tertiary/aromatic N) is 6. The average molecular weight is 667 g/mol. The minimum atomic E-state index is -0.301. The van der Waals surface area contributed by atoms with E-state index in [9.17, 15) is 14.4 Å². The molecule has 254 valence electrons. The fourth-order valence-electron chi connectivity index (χ4n) is 6.32. The Morgan fingerprint density at radius 3 is 2.59 bits per heavy atom. The van der Waals surface area contributed by atoms with Crippen molar-refractivity contribution in [3.8, 4) is 16.9 Å². The van der Waals surface area contributed by atoms with Crippen molar-refractivity contribution in [3.05, 3.63) is 101 Å². The lowest BCUT2D eigenvalue weighted by Crippen LogP contribution is -2.47. The number of carbonyl (C=O) groups excluding carboxylic acids is 2. The van der Waals surface area contributed by atoms with Crippen LogP contribution in [0.1, 0.15) is 24.1 Å². The molecule has 0 radical (unpaired) electrons. The molecule has 0 spiro atoms. The number of anilines is 1. The van der Waals surface area contributed by atoms with Gasteiger partial charge < -0.3 is 29.4 Å². The second-order valence-corrected chi connectivity index (χ2v) is 12.0. The molecule has 1 saturated heterocycles. The van der Waals surface area contributed by atoms with Gasteiger partial charge in [0.25, 0.3) is 5.56 Å². The van der Waals surface area contributed by atoms with E-state index in [2.05, 4.69) is 20.3 Å². The maximum absolute atomic E-state index is 15.8. The van der Waals surface area contributed by atoms with Crippen LogP contribution in [0.25, 0.3) is 27.6 Å². The summed E-state index contributed by atoms with van der Waals surface area (Å²) in [4.78, 5) is 46.2. The maximum Gasteiger partial charge on any atom is 0.271 e. The van der Waals surface area contributed by atoms with Gasteiger partial charge in [-0.2, -0.15) is 0 Å². The molecule has 49 heavy (non-hydrogen) atoms. The summed E-state index contributed by atoms with van der Waals surface area (Å²) < 4.78 is 23.0. The Balaban J connectivity index is 0.000000232. The Bertz CT molecular complexity index is 2010. The number of rotatable bonds is 8. The van der Waals surface area contributed by atoms with Gasteiger partial charge in [0.2, 0.25) is 12.3 Å². The molecule has 0 bridgehead atoms. The van der Waals surface area contributed by atoms with Crippen LogP contribution in [0.4, 0.5) is 10.1 Å². The largest absolute Gasteiger partial charge is 0.496 e. The zero-order valence-electron chi connectivity index (χ0n) is 27.6. The van der Waals surface area contributed by atoms with Crippen molar-refractivity contribution in [1.29, 1.82) is 0 Å². The van der Waals surface area contributed by atoms with E-state index in [4.69, 9.17) is 4.74 Å². The van der Waals surface area contributed by atoms with Gasteiger partial charge in [0.05, 0.1) is 25.4 Å². The number of piperazine rings is 1. The Kier molecular flexibility index (Phi) is 10.2. The second kappa shape index (κ2) is 15.0. The van der Waals surface area contributed by atoms with Crippen LogP contribution in [0.2, 0.25) is 0 Å². The first-order valence-corrected chi connectivity index (χ1v) is 16.2. The van der Waals surface area contributed by atoms with Crippen molar-refractivity contribution >= 4 is 34.5 Å². The molecule has 5 aromatic rings. The molecule has 0 unspecified atom stereocenters. The van der Waals surface area contributed by atoms with Crippen LogP contribution >= 0.6 is 0 Å². The van der Waals surface area contributed by atoms with E-state index in [1.54, 1.807) is 46.2 Å². The average Bonchev–Trinajstić information content (AvgIpc) is 3.81. The monoisotopic (exact) mass is 666 g/mol. The van der Waals surface area contributed by atoms with Crippen molar-refractivity contribution in [2.24, 2.45) is 0 Å². The highest BCUT2D eigenvalue weighted by atomic mass is 19.1. The van der Waals surface area contributed by atoms with E-state index in [0.29, 0.717) is 75.4 Å². The van der Waals surface area contributed by atoms with E-state index in [1.807, 2.05) is 60.4 Å². The number of H-pyrrole nitrogens is 2. The SMILES string of the molecule is COc1ccccc1-c1cc(C2=CCCN(C(=O)CCn3ccnn3)C2)c(F)c2[nH]c(C)cc12.O=CN1CCN(c2ccc[nH]c2=O)CC1. The lowest BCUT2D eigenvalue weighted by molar-refractivity contribution is -0.131. The summed E-state index contributed by atoms with van der Waals surface area (Å²) in [5, 5.41) is 8.49. The molecule has 2 aliphatic rings. The highest BCUT2D eigenvalue weighted by Crippen LogP contribution is 2.39. The Labute approximate surface area is 282 Å². The molecule has 0 saturated carbocycles. The molecular weight excluding hydrogens is 627 g/mol. The van der Waals surface area contributed by atoms with Crippen molar-refractivity contribution in [2.45, 2.75) is 26.3 Å². The molecule has 0 atom stereocenters. The van der Waals surface area contributed by atoms with Gasteiger partial charge in [-0.05, 0) is 54.8 Å². The first-order valence-electron chi connectivity index (χ1n) is 16.2. The molecule has 5 heterocycles. The lowest BCUT2D eigenvalue weighted by atomic mass is 9.93. The van der Waals surface area contributed by atoms with Gasteiger partial charge in [0.15, 0.2) is 5.82 Å². The summed E-state index contributed by atoms with van der Waals surface area (Å²) >= 11 is 0. The normalized spacial score (nSPS) is 14.7. The quantitative estimate of drug-likeness (QED) is 0.237. The number of amides is 2. The number of methoxy groups -OCH3 is 1. The predicted octanol–water partition coefficient (Wildman–Crippen LogP) is 4.24. The molecule has 0 aliphatic carbocycles. The molecule has 3 aromatic heterocycles. The number of ether oxygens (including phenoxy) is 1. The van der Waals surface area contributed by atoms with Crippen molar-refractivity contribution in [3.63, 3.8) is 0 Å². The van der Waals surface area contributed by atoms with Crippen LogP contribution in [-0.2, 0) is 16.1 Å². The summed E-state index contributed by atoms with van der Waals surface area (Å²) in [5.41, 5.74) is 5.06. The molecule has 2 amide bonds. The van der Waals surface area contributed by atoms with Crippen LogP contribution < -0.4 is 15.2 Å². The number of hydrogen-bond donors (Lipinski definition) is 2. The van der Waals surface area contributed by atoms with Gasteiger partial charge in [-0.15, -0.1) is 5.10 Å². The highest BCUT2D eigenvalue weighted by molar-refractivity contribution is 6.00. The number of para-hydroxylation sites is 1. The summed E-state index contributed by atoms with van der Waals surface area (Å²) in [6.07, 6.45) is 8.83. The third-order valence-electron chi connectivity index (χ3n) is 8.86. The third kappa shape index (κ3) is 7.40. The molecule has 2 N–H and O–H groups in total. The number of carbonyl (C=O) groups is 2. The van der Waals surface area contributed by atoms with Gasteiger partial charge in [-0.1, -0.05) is 29.5 Å². The maximum atomic E-state index is 15.8. The van der Waals surface area contributed by atoms with E-state index in [0.717, 1.165) is 39.9 Å². The van der Waals surface area contributed by atoms with Crippen LogP contribution in [-0.4, -0.2) is 93.5 Å². The van der Waals surface area contributed by atoms with Crippen molar-refractivity contribution in [2.75, 3.05) is 51.3 Å². The molecule has 2 aliphatic heterocycles. The van der Waals surface area contributed by atoms with Crippen LogP contribution in [0.3, 0.4) is 0 Å². The zero-order chi connectivity index (χ0) is 34.3. The van der Waals surface area contributed by atoms with E-state index in [-0.39, 0.29) is 17.3 Å². The number of benzene rings is 2. The topological polar surface area (TPSA) is 132 Å². The fraction of sp³-hybridized carbons (Fsp3) is 0.306. The predicted molar refractivity (Wildman–Crippen MR) is 186 cm³/mol. The Morgan fingerprint density at radius 2 is 1.86 bits per heavy atom. The first-order chi connectivity index (χ1) is 23.9. The van der Waals surface area contributed by atoms with Gasteiger partial charge in [-0.25, -0.2) is 4.39 Å². The Morgan fingerprint density at radius 1 is 1.04 bits per heavy atom. The number of fused-ring (bicyclic) bond motifs is 1. The Hall–Kier alpha value is -5.72. The molecule has 7 rings (SSSR count). The number of aromatic nitrogens is 5. The molecule has 2 aromatic carbocycles. The van der Waals surface area contributed by atoms with Crippen LogP contribution in [0.5, 0.6) is 5.75 Å². The van der Waals surface area contributed by atoms with Gasteiger partial charge in [0.1, 0.15) is 11.4 Å². The number of halogens is 1. The van der Waals surface area contributed by atoms with Gasteiger partial charge in [0, 0.05) is 80.3 Å². The van der Waals surface area contributed by atoms with Gasteiger partial charge in [-0.3, -0.25) is 19.1 Å². The molecule has 13 heteroatoms. The zero-order valence-corrected chi connectivity index (χ0v) is 27.6. The minimum Gasteiger partial charge on any atom is -0.496 e. The smallest absolute Gasteiger partial charge is 0.271 e. The van der Waals surface area contributed by atoms with Crippen LogP contribution in [0, 0.1) is 12.7 Å². The third-order valence-corrected chi connectivity index (χ3v) is 8.86. The summed E-state index contributed by atoms with van der Waals surface area (Å²) in [6.45, 7) is 6.15. The molecule has 12 nitrogen and oxygen atoms in total. The number of nitrogens with one attached hydrogen (secondary N) is 2. The first kappa shape index (κ1) is 33.2. The second-order valence-electron chi connectivity index (χ2n) is 12.0. The van der Waals surface area contributed by atoms with Crippen molar-refractivity contribution in [1.82, 2.24) is 34.8 Å². The summed E-state index contributed by atoms with van der Waals surface area (Å²) in [5.74, 6) is 0.441. The number of aromatic amines is 2. The van der Waals surface area contributed by atoms with E-state index in [1.165, 1.54) is 0 Å². The number of aryl methyl sites for hydroxylation is 2. The number of hydrogen-bond acceptors (Lipinski definition) is 7. The highest BCUT2D eigenvalue weighted by Gasteiger charge is 2.24. The minimum absolute atomic E-state index is 0.0169.